The Hall–Kier alpha value is -0.780. The number of rotatable bonds is 2. The predicted molar refractivity (Wildman–Crippen MR) is 60.2 cm³/mol. The number of hydrogen-bond donors (Lipinski definition) is 1. The molecule has 0 amide bonds. The number of esters is 1. The second kappa shape index (κ2) is 4.15. The summed E-state index contributed by atoms with van der Waals surface area (Å²) in [6.07, 6.45) is 3.09. The average molecular weight is 344 g/mol. The number of carbonyl (C=O) groups excluding carboxylic acids is 1. The minimum absolute atomic E-state index is 0.00849. The first-order valence-electron chi connectivity index (χ1n) is 5.87. The molecule has 17 heavy (non-hydrogen) atoms. The van der Waals surface area contributed by atoms with E-state index in [9.17, 15) is 4.79 Å². The van der Waals surface area contributed by atoms with Crippen LogP contribution in [-0.2, 0) is 9.53 Å². The Bertz CT molecular complexity index is 464. The molecule has 2 aliphatic carbocycles. The molecule has 0 unspecified atom stereocenters. The number of nitrogens with two attached hydrogens (primary N) is 1. The maximum absolute atomic E-state index is 11.7. The van der Waals surface area contributed by atoms with Gasteiger partial charge in [-0.3, -0.25) is 0 Å². The van der Waals surface area contributed by atoms with Crippen LogP contribution in [0.25, 0.3) is 0 Å². The minimum atomic E-state index is -0.0881. The van der Waals surface area contributed by atoms with Crippen molar-refractivity contribution in [2.75, 3.05) is 6.61 Å². The second-order valence-corrected chi connectivity index (χ2v) is 6.61. The van der Waals surface area contributed by atoms with Gasteiger partial charge in [0.25, 0.3) is 0 Å². The molecule has 0 radical (unpaired) electrons. The molecule has 0 saturated heterocycles. The van der Waals surface area contributed by atoms with Gasteiger partial charge in [-0.15, -0.1) is 0 Å². The fourth-order valence-corrected chi connectivity index (χ4v) is 4.86. The van der Waals surface area contributed by atoms with Crippen molar-refractivity contribution in [1.82, 2.24) is 0 Å². The van der Waals surface area contributed by atoms with Gasteiger partial charge in [0.15, 0.2) is 0 Å². The molecule has 3 aliphatic rings. The third-order valence-corrected chi connectivity index (χ3v) is 5.73. The van der Waals surface area contributed by atoms with Crippen molar-refractivity contribution >= 4 is 5.97 Å². The Morgan fingerprint density at radius 1 is 1.59 bits per heavy atom. The SMILES string of the molecule is CCOC(=O)[C@H]1[C@@H]2CC3=CC(N)=C[I-]C=C3[C@@H]21. The molecule has 0 aromatic rings. The van der Waals surface area contributed by atoms with Crippen LogP contribution in [0.15, 0.2) is 31.1 Å². The van der Waals surface area contributed by atoms with Crippen molar-refractivity contribution in [3.8, 4) is 0 Å². The molecular weight excluding hydrogens is 329 g/mol. The van der Waals surface area contributed by atoms with Gasteiger partial charge in [-0.2, -0.15) is 0 Å². The predicted octanol–water partition coefficient (Wildman–Crippen LogP) is -1.47. The van der Waals surface area contributed by atoms with E-state index >= 15 is 0 Å². The fourth-order valence-electron chi connectivity index (χ4n) is 2.89. The van der Waals surface area contributed by atoms with Crippen LogP contribution in [0.3, 0.4) is 0 Å². The molecule has 3 rings (SSSR count). The molecule has 2 fully saturated rings. The number of allylic oxidation sites excluding steroid dienone is 3. The molecule has 2 saturated carbocycles. The number of halogens is 1. The summed E-state index contributed by atoms with van der Waals surface area (Å²) in [6, 6.07) is 0. The summed E-state index contributed by atoms with van der Waals surface area (Å²) in [6.45, 7) is 2.35. The Morgan fingerprint density at radius 2 is 2.41 bits per heavy atom. The monoisotopic (exact) mass is 344 g/mol. The second-order valence-electron chi connectivity index (χ2n) is 4.64. The third kappa shape index (κ3) is 1.82. The molecule has 0 aromatic carbocycles. The first-order chi connectivity index (χ1) is 8.22. The zero-order valence-corrected chi connectivity index (χ0v) is 11.8. The normalized spacial score (nSPS) is 34.2. The van der Waals surface area contributed by atoms with Gasteiger partial charge in [0.05, 0.1) is 0 Å². The van der Waals surface area contributed by atoms with E-state index < -0.39 is 0 Å². The number of fused-ring (bicyclic) bond motifs is 3. The Labute approximate surface area is 111 Å². The summed E-state index contributed by atoms with van der Waals surface area (Å²) in [5.41, 5.74) is 9.52. The van der Waals surface area contributed by atoms with Crippen molar-refractivity contribution in [2.45, 2.75) is 13.3 Å². The fraction of sp³-hybridized carbons (Fsp3) is 0.462. The van der Waals surface area contributed by atoms with Crippen LogP contribution in [0.2, 0.25) is 0 Å². The van der Waals surface area contributed by atoms with Gasteiger partial charge in [-0.25, -0.2) is 0 Å². The van der Waals surface area contributed by atoms with E-state index in [1.54, 1.807) is 0 Å². The van der Waals surface area contributed by atoms with Gasteiger partial charge in [0, 0.05) is 0 Å². The van der Waals surface area contributed by atoms with Crippen LogP contribution in [0.5, 0.6) is 0 Å². The van der Waals surface area contributed by atoms with Crippen molar-refractivity contribution in [3.05, 3.63) is 31.1 Å². The Morgan fingerprint density at radius 3 is 3.18 bits per heavy atom. The maximum atomic E-state index is 11.7. The van der Waals surface area contributed by atoms with Crippen LogP contribution in [0.1, 0.15) is 13.3 Å². The van der Waals surface area contributed by atoms with Gasteiger partial charge in [-0.05, 0) is 0 Å². The summed E-state index contributed by atoms with van der Waals surface area (Å²) in [4.78, 5) is 11.7. The average Bonchev–Trinajstić information content (AvgIpc) is 2.93. The van der Waals surface area contributed by atoms with E-state index in [1.165, 1.54) is 11.1 Å². The number of ether oxygens (including phenoxy) is 1. The molecule has 3 atom stereocenters. The number of carbonyl (C=O) groups is 1. The van der Waals surface area contributed by atoms with E-state index in [0.717, 1.165) is 12.1 Å². The zero-order chi connectivity index (χ0) is 12.0. The summed E-state index contributed by atoms with van der Waals surface area (Å²) in [5.74, 6) is 1.04. The van der Waals surface area contributed by atoms with E-state index in [4.69, 9.17) is 10.5 Å². The molecule has 0 spiro atoms. The van der Waals surface area contributed by atoms with Gasteiger partial charge < -0.3 is 0 Å². The summed E-state index contributed by atoms with van der Waals surface area (Å²) < 4.78 is 9.58. The van der Waals surface area contributed by atoms with Crippen LogP contribution >= 0.6 is 0 Å². The van der Waals surface area contributed by atoms with Crippen LogP contribution in [0, 0.1) is 17.8 Å². The zero-order valence-electron chi connectivity index (χ0n) is 9.65. The molecule has 92 valence electrons. The van der Waals surface area contributed by atoms with Gasteiger partial charge in [0.1, 0.15) is 0 Å². The molecule has 1 aliphatic heterocycles. The van der Waals surface area contributed by atoms with E-state index in [0.29, 0.717) is 18.4 Å². The van der Waals surface area contributed by atoms with Crippen LogP contribution in [0.4, 0.5) is 0 Å². The molecule has 4 heteroatoms. The van der Waals surface area contributed by atoms with Gasteiger partial charge >= 0.3 is 111 Å². The van der Waals surface area contributed by atoms with Crippen molar-refractivity contribution in [1.29, 1.82) is 0 Å². The molecule has 0 aromatic heterocycles. The first-order valence-corrected chi connectivity index (χ1v) is 8.36. The van der Waals surface area contributed by atoms with E-state index in [-0.39, 0.29) is 33.1 Å². The topological polar surface area (TPSA) is 52.3 Å². The molecule has 1 heterocycles. The van der Waals surface area contributed by atoms with E-state index in [2.05, 4.69) is 14.2 Å². The third-order valence-electron chi connectivity index (χ3n) is 3.62. The van der Waals surface area contributed by atoms with Gasteiger partial charge in [-0.1, -0.05) is 0 Å². The van der Waals surface area contributed by atoms with E-state index in [1.807, 2.05) is 6.92 Å². The molecule has 2 N–H and O–H groups in total. The Kier molecular flexibility index (Phi) is 2.77. The molecule has 0 bridgehead atoms. The molecule has 3 nitrogen and oxygen atoms in total. The summed E-state index contributed by atoms with van der Waals surface area (Å²) in [5, 5.41) is 0. The van der Waals surface area contributed by atoms with Crippen LogP contribution < -0.4 is 26.9 Å². The van der Waals surface area contributed by atoms with Crippen molar-refractivity contribution in [2.24, 2.45) is 23.5 Å². The standard InChI is InChI=1S/C13H15INO2/c1-2-17-13(16)12-9-4-7-3-8(15)5-14-6-10(7)11(9)12/h3,5-6,9,11-12H,2,4,15H2,1H3/q-1/t9-,11-,12+/m1/s1. The number of hydrogen-bond acceptors (Lipinski definition) is 3. The molecular formula is C13H15INO2-. The van der Waals surface area contributed by atoms with Crippen molar-refractivity contribution < 1.29 is 30.7 Å². The summed E-state index contributed by atoms with van der Waals surface area (Å²) >= 11 is -0.0881. The quantitative estimate of drug-likeness (QED) is 0.492. The van der Waals surface area contributed by atoms with Crippen molar-refractivity contribution in [3.63, 3.8) is 0 Å². The van der Waals surface area contributed by atoms with Crippen LogP contribution in [-0.4, -0.2) is 12.6 Å². The summed E-state index contributed by atoms with van der Waals surface area (Å²) in [7, 11) is 0. The first kappa shape index (κ1) is 11.3. The van der Waals surface area contributed by atoms with Gasteiger partial charge in [0.2, 0.25) is 0 Å². The Balaban J connectivity index is 1.78.